The van der Waals surface area contributed by atoms with Crippen molar-refractivity contribution in [1.82, 2.24) is 19.9 Å². The molecular formula is C21H23F2N5O2S. The zero-order chi connectivity index (χ0) is 22.1. The van der Waals surface area contributed by atoms with Crippen LogP contribution in [0.1, 0.15) is 32.3 Å². The molecule has 0 bridgehead atoms. The minimum absolute atomic E-state index is 0.0236. The smallest absolute Gasteiger partial charge is 0.273 e. The molecule has 1 fully saturated rings. The average molecular weight is 448 g/mol. The van der Waals surface area contributed by atoms with E-state index in [-0.39, 0.29) is 35.5 Å². The molecule has 0 aliphatic carbocycles. The molecule has 2 aromatic heterocycles. The summed E-state index contributed by atoms with van der Waals surface area (Å²) in [6.07, 6.45) is 2.73. The summed E-state index contributed by atoms with van der Waals surface area (Å²) in [5.41, 5.74) is 0.0685. The molecule has 1 N–H and O–H groups in total. The first-order valence-electron chi connectivity index (χ1n) is 10.2. The predicted molar refractivity (Wildman–Crippen MR) is 115 cm³/mol. The molecule has 3 aromatic rings. The van der Waals surface area contributed by atoms with E-state index in [2.05, 4.69) is 20.2 Å². The second-order valence-electron chi connectivity index (χ2n) is 7.99. The Morgan fingerprint density at radius 2 is 2.03 bits per heavy atom. The molecule has 0 saturated carbocycles. The van der Waals surface area contributed by atoms with Crippen molar-refractivity contribution in [2.45, 2.75) is 39.3 Å². The van der Waals surface area contributed by atoms with Gasteiger partial charge in [0.05, 0.1) is 6.54 Å². The van der Waals surface area contributed by atoms with E-state index in [1.807, 2.05) is 13.8 Å². The second-order valence-corrected chi connectivity index (χ2v) is 8.96. The Morgan fingerprint density at radius 3 is 2.74 bits per heavy atom. The van der Waals surface area contributed by atoms with Crippen molar-refractivity contribution in [2.24, 2.45) is 5.92 Å². The largest absolute Gasteiger partial charge is 0.354 e. The molecule has 3 heterocycles. The molecule has 0 radical (unpaired) electrons. The maximum absolute atomic E-state index is 14.0. The van der Waals surface area contributed by atoms with Gasteiger partial charge in [-0.1, -0.05) is 11.3 Å². The van der Waals surface area contributed by atoms with E-state index in [0.29, 0.717) is 41.4 Å². The van der Waals surface area contributed by atoms with E-state index in [1.54, 1.807) is 0 Å². The molecule has 1 aliphatic heterocycles. The van der Waals surface area contributed by atoms with Crippen molar-refractivity contribution in [2.75, 3.05) is 18.0 Å². The number of amides is 1. The zero-order valence-electron chi connectivity index (χ0n) is 17.3. The highest BCUT2D eigenvalue weighted by atomic mass is 32.1. The van der Waals surface area contributed by atoms with E-state index in [0.717, 1.165) is 18.2 Å². The molecule has 164 valence electrons. The van der Waals surface area contributed by atoms with Crippen LogP contribution in [0.15, 0.2) is 29.3 Å². The highest BCUT2D eigenvalue weighted by Gasteiger charge is 2.27. The molecule has 0 unspecified atom stereocenters. The Morgan fingerprint density at radius 1 is 1.29 bits per heavy atom. The number of benzene rings is 1. The van der Waals surface area contributed by atoms with E-state index in [4.69, 9.17) is 0 Å². The van der Waals surface area contributed by atoms with Crippen LogP contribution in [0.25, 0.3) is 10.3 Å². The standard InChI is InChI=1S/C21H23F2N5O2S/c1-12(2)25-19(29)13-5-7-27(8-6-13)21-26-18-17(31-21)20(30)28(11-24-18)10-14-9-15(22)3-4-16(14)23/h3-4,9,11-13H,5-8,10H2,1-2H3,(H,25,29). The van der Waals surface area contributed by atoms with Crippen molar-refractivity contribution in [3.05, 3.63) is 52.1 Å². The quantitative estimate of drug-likeness (QED) is 0.651. The number of anilines is 1. The fraction of sp³-hybridized carbons (Fsp3) is 0.429. The van der Waals surface area contributed by atoms with Gasteiger partial charge in [-0.05, 0) is 44.9 Å². The number of aromatic nitrogens is 3. The average Bonchev–Trinajstić information content (AvgIpc) is 3.17. The Hall–Kier alpha value is -2.88. The van der Waals surface area contributed by atoms with Crippen molar-refractivity contribution >= 4 is 32.7 Å². The number of piperidine rings is 1. The fourth-order valence-corrected chi connectivity index (χ4v) is 4.69. The summed E-state index contributed by atoms with van der Waals surface area (Å²) in [7, 11) is 0. The molecule has 31 heavy (non-hydrogen) atoms. The number of nitrogens with one attached hydrogen (secondary N) is 1. The summed E-state index contributed by atoms with van der Waals surface area (Å²) < 4.78 is 29.0. The van der Waals surface area contributed by atoms with Gasteiger partial charge in [0.25, 0.3) is 5.56 Å². The lowest BCUT2D eigenvalue weighted by Gasteiger charge is -2.31. The molecule has 4 rings (SSSR count). The number of hydrogen-bond donors (Lipinski definition) is 1. The van der Waals surface area contributed by atoms with Gasteiger partial charge in [-0.2, -0.15) is 4.98 Å². The van der Waals surface area contributed by atoms with Crippen molar-refractivity contribution < 1.29 is 13.6 Å². The number of nitrogens with zero attached hydrogens (tertiary/aromatic N) is 4. The van der Waals surface area contributed by atoms with Gasteiger partial charge in [-0.25, -0.2) is 13.8 Å². The van der Waals surface area contributed by atoms with Gasteiger partial charge in [0.2, 0.25) is 5.91 Å². The van der Waals surface area contributed by atoms with Gasteiger partial charge in [0, 0.05) is 30.6 Å². The van der Waals surface area contributed by atoms with Crippen LogP contribution in [0.4, 0.5) is 13.9 Å². The highest BCUT2D eigenvalue weighted by molar-refractivity contribution is 7.22. The van der Waals surface area contributed by atoms with Gasteiger partial charge < -0.3 is 10.2 Å². The van der Waals surface area contributed by atoms with Crippen molar-refractivity contribution in [3.8, 4) is 0 Å². The van der Waals surface area contributed by atoms with Crippen LogP contribution in [-0.4, -0.2) is 39.6 Å². The summed E-state index contributed by atoms with van der Waals surface area (Å²) in [5, 5.41) is 3.63. The number of carbonyl (C=O) groups excluding carboxylic acids is 1. The van der Waals surface area contributed by atoms with E-state index in [9.17, 15) is 18.4 Å². The molecule has 0 spiro atoms. The molecule has 1 amide bonds. The van der Waals surface area contributed by atoms with Gasteiger partial charge in [0.15, 0.2) is 10.8 Å². The normalized spacial score (nSPS) is 15.1. The SMILES string of the molecule is CC(C)NC(=O)C1CCN(c2nc3ncn(Cc4cc(F)ccc4F)c(=O)c3s2)CC1. The number of halogens is 2. The third-order valence-electron chi connectivity index (χ3n) is 5.29. The maximum atomic E-state index is 14.0. The molecule has 7 nitrogen and oxygen atoms in total. The third-order valence-corrected chi connectivity index (χ3v) is 6.38. The van der Waals surface area contributed by atoms with E-state index < -0.39 is 11.6 Å². The molecule has 0 atom stereocenters. The molecule has 10 heteroatoms. The molecule has 1 aliphatic rings. The molecular weight excluding hydrogens is 424 g/mol. The van der Waals surface area contributed by atoms with Gasteiger partial charge in [-0.15, -0.1) is 0 Å². The maximum Gasteiger partial charge on any atom is 0.273 e. The first kappa shape index (κ1) is 21.4. The minimum atomic E-state index is -0.581. The summed E-state index contributed by atoms with van der Waals surface area (Å²) in [6, 6.07) is 3.26. The van der Waals surface area contributed by atoms with Crippen LogP contribution < -0.4 is 15.8 Å². The van der Waals surface area contributed by atoms with Crippen LogP contribution in [0.5, 0.6) is 0 Å². The van der Waals surface area contributed by atoms with Gasteiger partial charge in [0.1, 0.15) is 22.7 Å². The Kier molecular flexibility index (Phi) is 5.99. The van der Waals surface area contributed by atoms with Crippen molar-refractivity contribution in [1.29, 1.82) is 0 Å². The topological polar surface area (TPSA) is 80.1 Å². The van der Waals surface area contributed by atoms with Gasteiger partial charge in [-0.3, -0.25) is 14.2 Å². The zero-order valence-corrected chi connectivity index (χ0v) is 18.1. The van der Waals surface area contributed by atoms with Gasteiger partial charge >= 0.3 is 0 Å². The Labute approximate surface area is 181 Å². The Balaban J connectivity index is 1.52. The molecule has 1 saturated heterocycles. The summed E-state index contributed by atoms with van der Waals surface area (Å²) in [4.78, 5) is 35.9. The van der Waals surface area contributed by atoms with Crippen LogP contribution in [-0.2, 0) is 11.3 Å². The minimum Gasteiger partial charge on any atom is -0.354 e. The fourth-order valence-electron chi connectivity index (χ4n) is 3.67. The number of rotatable bonds is 5. The van der Waals surface area contributed by atoms with Crippen LogP contribution in [0.2, 0.25) is 0 Å². The molecule has 1 aromatic carbocycles. The number of carbonyl (C=O) groups is 1. The number of hydrogen-bond acceptors (Lipinski definition) is 6. The number of thiazole rings is 1. The lowest BCUT2D eigenvalue weighted by Crippen LogP contribution is -2.42. The third kappa shape index (κ3) is 4.58. The second kappa shape index (κ2) is 8.70. The Bertz CT molecular complexity index is 1170. The highest BCUT2D eigenvalue weighted by Crippen LogP contribution is 2.29. The summed E-state index contributed by atoms with van der Waals surface area (Å²) in [5.74, 6) is -1.09. The van der Waals surface area contributed by atoms with Crippen molar-refractivity contribution in [3.63, 3.8) is 0 Å². The summed E-state index contributed by atoms with van der Waals surface area (Å²) in [6.45, 7) is 5.10. The monoisotopic (exact) mass is 447 g/mol. The lowest BCUT2D eigenvalue weighted by molar-refractivity contribution is -0.126. The first-order valence-corrected chi connectivity index (χ1v) is 11.0. The lowest BCUT2D eigenvalue weighted by atomic mass is 9.96. The summed E-state index contributed by atoms with van der Waals surface area (Å²) >= 11 is 1.23. The van der Waals surface area contributed by atoms with Crippen LogP contribution in [0, 0.1) is 17.6 Å². The van der Waals surface area contributed by atoms with E-state index >= 15 is 0 Å². The van der Waals surface area contributed by atoms with Crippen LogP contribution >= 0.6 is 11.3 Å². The van der Waals surface area contributed by atoms with E-state index in [1.165, 1.54) is 22.2 Å². The number of fused-ring (bicyclic) bond motifs is 1. The van der Waals surface area contributed by atoms with Crippen LogP contribution in [0.3, 0.4) is 0 Å². The first-order chi connectivity index (χ1) is 14.8. The predicted octanol–water partition coefficient (Wildman–Crippen LogP) is 2.92.